The van der Waals surface area contributed by atoms with Crippen LogP contribution in [0.25, 0.3) is 0 Å². The fourth-order valence-corrected chi connectivity index (χ4v) is 9.82. The summed E-state index contributed by atoms with van der Waals surface area (Å²) in [6.45, 7) is 7.25. The van der Waals surface area contributed by atoms with E-state index in [1.165, 1.54) is 31.4 Å². The molecule has 1 aromatic carbocycles. The first-order chi connectivity index (χ1) is 19.7. The third-order valence-electron chi connectivity index (χ3n) is 10.9. The monoisotopic (exact) mass is 602 g/mol. The van der Waals surface area contributed by atoms with Gasteiger partial charge in [-0.1, -0.05) is 27.7 Å². The van der Waals surface area contributed by atoms with Gasteiger partial charge in [0.25, 0.3) is 10.1 Å². The molecule has 5 unspecified atom stereocenters. The molecule has 8 rings (SSSR count). The van der Waals surface area contributed by atoms with Crippen LogP contribution in [0.4, 0.5) is 0 Å². The van der Waals surface area contributed by atoms with Crippen LogP contribution in [-0.2, 0) is 38.7 Å². The molecule has 1 aromatic rings. The highest BCUT2D eigenvalue weighted by molar-refractivity contribution is 7.85. The van der Waals surface area contributed by atoms with Gasteiger partial charge < -0.3 is 18.9 Å². The van der Waals surface area contributed by atoms with Crippen molar-refractivity contribution in [1.29, 1.82) is 0 Å². The molecule has 4 aliphatic carbocycles. The van der Waals surface area contributed by atoms with Gasteiger partial charge in [-0.2, -0.15) is 8.42 Å². The van der Waals surface area contributed by atoms with Gasteiger partial charge in [0, 0.05) is 6.42 Å². The zero-order valence-corrected chi connectivity index (χ0v) is 25.1. The zero-order valence-electron chi connectivity index (χ0n) is 24.3. The largest absolute Gasteiger partial charge is 0.455 e. The molecule has 6 bridgehead atoms. The Morgan fingerprint density at radius 2 is 1.48 bits per heavy atom. The number of ether oxygens (including phenoxy) is 4. The third kappa shape index (κ3) is 4.02. The first kappa shape index (κ1) is 28.3. The molecule has 5 atom stereocenters. The van der Waals surface area contributed by atoms with Crippen LogP contribution < -0.4 is 4.74 Å². The van der Waals surface area contributed by atoms with E-state index in [0.717, 1.165) is 19.3 Å². The minimum absolute atomic E-state index is 0.0260. The van der Waals surface area contributed by atoms with E-state index in [-0.39, 0.29) is 34.9 Å². The summed E-state index contributed by atoms with van der Waals surface area (Å²) in [6, 6.07) is 2.58. The number of benzene rings is 1. The third-order valence-corrected chi connectivity index (χ3v) is 11.7. The lowest BCUT2D eigenvalue weighted by Crippen LogP contribution is -2.54. The van der Waals surface area contributed by atoms with E-state index in [0.29, 0.717) is 28.9 Å². The number of esters is 3. The number of fused-ring (bicyclic) bond motifs is 1. The Balaban J connectivity index is 1.14. The van der Waals surface area contributed by atoms with Crippen LogP contribution in [0.2, 0.25) is 0 Å². The molecular formula is C31H38O10S. The Hall–Kier alpha value is -2.50. The second-order valence-corrected chi connectivity index (χ2v) is 15.7. The van der Waals surface area contributed by atoms with E-state index < -0.39 is 57.3 Å². The van der Waals surface area contributed by atoms with Gasteiger partial charge in [-0.05, 0) is 91.4 Å². The first-order valence-electron chi connectivity index (χ1n) is 15.2. The number of carbonyl (C=O) groups excluding carboxylic acids is 3. The van der Waals surface area contributed by atoms with Crippen molar-refractivity contribution < 1.29 is 46.3 Å². The van der Waals surface area contributed by atoms with Gasteiger partial charge in [0.1, 0.15) is 18.0 Å². The molecule has 11 heteroatoms. The Kier molecular flexibility index (Phi) is 6.23. The molecule has 3 aliphatic heterocycles. The maximum absolute atomic E-state index is 13.9. The van der Waals surface area contributed by atoms with Crippen molar-refractivity contribution in [2.75, 3.05) is 0 Å². The second-order valence-electron chi connectivity index (χ2n) is 14.3. The highest BCUT2D eigenvalue weighted by Crippen LogP contribution is 2.62. The van der Waals surface area contributed by atoms with E-state index in [4.69, 9.17) is 18.9 Å². The Labute approximate surface area is 245 Å². The second kappa shape index (κ2) is 9.25. The summed E-state index contributed by atoms with van der Waals surface area (Å²) in [4.78, 5) is 40.7. The van der Waals surface area contributed by atoms with Gasteiger partial charge in [0.05, 0.1) is 10.3 Å². The molecule has 0 aromatic heterocycles. The number of carbonyl (C=O) groups is 3. The van der Waals surface area contributed by atoms with Crippen LogP contribution in [0.5, 0.6) is 5.75 Å². The van der Waals surface area contributed by atoms with Gasteiger partial charge in [0.15, 0.2) is 17.6 Å². The summed E-state index contributed by atoms with van der Waals surface area (Å²) in [5.74, 6) is -0.465. The minimum Gasteiger partial charge on any atom is -0.455 e. The predicted octanol–water partition coefficient (Wildman–Crippen LogP) is 4.30. The maximum Gasteiger partial charge on any atom is 0.331 e. The van der Waals surface area contributed by atoms with Crippen LogP contribution in [0.1, 0.15) is 95.6 Å². The summed E-state index contributed by atoms with van der Waals surface area (Å²) in [7, 11) is -4.51. The number of hydrogen-bond acceptors (Lipinski definition) is 9. The van der Waals surface area contributed by atoms with Crippen molar-refractivity contribution in [3.8, 4) is 5.75 Å². The zero-order chi connectivity index (χ0) is 29.9. The molecule has 0 radical (unpaired) electrons. The summed E-state index contributed by atoms with van der Waals surface area (Å²) < 4.78 is 57.6. The van der Waals surface area contributed by atoms with E-state index in [9.17, 15) is 27.4 Å². The Morgan fingerprint density at radius 3 is 1.98 bits per heavy atom. The normalized spacial score (nSPS) is 39.3. The summed E-state index contributed by atoms with van der Waals surface area (Å²) in [6.07, 6.45) is 2.85. The van der Waals surface area contributed by atoms with Crippen LogP contribution in [0, 0.1) is 28.6 Å². The van der Waals surface area contributed by atoms with Crippen LogP contribution in [0.15, 0.2) is 17.0 Å². The predicted molar refractivity (Wildman–Crippen MR) is 146 cm³/mol. The standard InChI is InChI=1S/C31H38O10S/c1-14(2)20-8-19(42(35,36)37)9-21(15(3)4)23(20)39-28(33)31-13-22-24(25(26(31)38-22)41-29(31)34)40-27(32)30-10-16-5-17(11-30)7-18(6-16)12-30/h8-9,14-18,22,24-26H,5-7,10-13H2,1-4H3,(H,35,36,37). The summed E-state index contributed by atoms with van der Waals surface area (Å²) >= 11 is 0. The fourth-order valence-electron chi connectivity index (χ4n) is 9.27. The molecule has 10 nitrogen and oxygen atoms in total. The van der Waals surface area contributed by atoms with Crippen molar-refractivity contribution in [3.05, 3.63) is 23.3 Å². The van der Waals surface area contributed by atoms with Crippen molar-refractivity contribution >= 4 is 28.0 Å². The summed E-state index contributed by atoms with van der Waals surface area (Å²) in [5, 5.41) is 0. The van der Waals surface area contributed by atoms with Crippen molar-refractivity contribution in [2.24, 2.45) is 28.6 Å². The molecule has 42 heavy (non-hydrogen) atoms. The molecule has 0 amide bonds. The van der Waals surface area contributed by atoms with Crippen molar-refractivity contribution in [2.45, 2.75) is 114 Å². The van der Waals surface area contributed by atoms with Gasteiger partial charge in [-0.15, -0.1) is 0 Å². The van der Waals surface area contributed by atoms with E-state index in [1.807, 2.05) is 27.7 Å². The molecule has 3 saturated heterocycles. The van der Waals surface area contributed by atoms with Crippen LogP contribution in [0.3, 0.4) is 0 Å². The minimum atomic E-state index is -4.51. The molecule has 228 valence electrons. The molecule has 3 heterocycles. The van der Waals surface area contributed by atoms with Crippen LogP contribution in [-0.4, -0.2) is 55.3 Å². The smallest absolute Gasteiger partial charge is 0.331 e. The lowest BCUT2D eigenvalue weighted by molar-refractivity contribution is -0.184. The van der Waals surface area contributed by atoms with Crippen molar-refractivity contribution in [3.63, 3.8) is 0 Å². The van der Waals surface area contributed by atoms with Gasteiger partial charge >= 0.3 is 17.9 Å². The quantitative estimate of drug-likeness (QED) is 0.208. The Bertz CT molecular complexity index is 1410. The fraction of sp³-hybridized carbons (Fsp3) is 0.710. The lowest BCUT2D eigenvalue weighted by Gasteiger charge is -2.55. The first-order valence-corrected chi connectivity index (χ1v) is 16.6. The lowest BCUT2D eigenvalue weighted by atomic mass is 9.49. The highest BCUT2D eigenvalue weighted by atomic mass is 32.2. The molecule has 7 aliphatic rings. The van der Waals surface area contributed by atoms with Gasteiger partial charge in [-0.25, -0.2) is 0 Å². The molecule has 7 fully saturated rings. The van der Waals surface area contributed by atoms with Gasteiger partial charge in [0.2, 0.25) is 0 Å². The number of rotatable bonds is 7. The average Bonchev–Trinajstić information content (AvgIpc) is 3.49. The van der Waals surface area contributed by atoms with E-state index in [1.54, 1.807) is 0 Å². The molecule has 4 saturated carbocycles. The van der Waals surface area contributed by atoms with E-state index >= 15 is 0 Å². The highest BCUT2D eigenvalue weighted by Gasteiger charge is 2.77. The van der Waals surface area contributed by atoms with E-state index in [2.05, 4.69) is 0 Å². The van der Waals surface area contributed by atoms with Gasteiger partial charge in [-0.3, -0.25) is 18.9 Å². The number of hydrogen-bond donors (Lipinski definition) is 1. The molecule has 0 spiro atoms. The topological polar surface area (TPSA) is 143 Å². The average molecular weight is 603 g/mol. The maximum atomic E-state index is 13.9. The van der Waals surface area contributed by atoms with Crippen LogP contribution >= 0.6 is 0 Å². The molecular weight excluding hydrogens is 564 g/mol. The van der Waals surface area contributed by atoms with Crippen molar-refractivity contribution in [1.82, 2.24) is 0 Å². The molecule has 1 N–H and O–H groups in total. The Morgan fingerprint density at radius 1 is 0.929 bits per heavy atom. The summed E-state index contributed by atoms with van der Waals surface area (Å²) in [5.41, 5.74) is -1.35. The SMILES string of the molecule is CC(C)c1cc(S(=O)(=O)O)cc(C(C)C)c1OC(=O)C12CC3OC1C(OC2=O)C3OC(=O)C12CC3CC(CC(C3)C1)C2.